The average molecular weight is 199 g/mol. The minimum Gasteiger partial charge on any atom is -0.466 e. The predicted molar refractivity (Wildman–Crippen MR) is 56.1 cm³/mol. The lowest BCUT2D eigenvalue weighted by atomic mass is 9.91. The highest BCUT2D eigenvalue weighted by Gasteiger charge is 2.34. The first-order chi connectivity index (χ1) is 6.59. The summed E-state index contributed by atoms with van der Waals surface area (Å²) >= 11 is 0. The number of rotatable bonds is 6. The van der Waals surface area contributed by atoms with Crippen LogP contribution < -0.4 is 5.32 Å². The normalized spacial score (nSPS) is 20.2. The Hall–Kier alpha value is -0.570. The lowest BCUT2D eigenvalue weighted by molar-refractivity contribution is -0.144. The molecular formula is C11H21NO2. The van der Waals surface area contributed by atoms with E-state index in [9.17, 15) is 4.79 Å². The minimum absolute atomic E-state index is 0.0760. The fourth-order valence-electron chi connectivity index (χ4n) is 1.75. The molecule has 1 rings (SSSR count). The number of carbonyl (C=O) groups excluding carboxylic acids is 1. The van der Waals surface area contributed by atoms with Crippen LogP contribution in [0.15, 0.2) is 0 Å². The maximum atomic E-state index is 11.4. The quantitative estimate of drug-likeness (QED) is 0.662. The second-order valence-corrected chi connectivity index (χ2v) is 4.44. The van der Waals surface area contributed by atoms with Gasteiger partial charge in [0.2, 0.25) is 0 Å². The zero-order valence-corrected chi connectivity index (χ0v) is 9.43. The number of nitrogens with one attached hydrogen (secondary N) is 1. The van der Waals surface area contributed by atoms with E-state index in [0.717, 1.165) is 12.3 Å². The van der Waals surface area contributed by atoms with Crippen molar-refractivity contribution in [1.29, 1.82) is 0 Å². The maximum Gasteiger partial charge on any atom is 0.307 e. The standard InChI is InChI=1S/C11H21NO2/c1-4-14-10(13)8-11(2,12-3)7-9-5-6-9/h9,12H,4-8H2,1-3H3. The van der Waals surface area contributed by atoms with Crippen molar-refractivity contribution >= 4 is 5.97 Å². The van der Waals surface area contributed by atoms with Crippen molar-refractivity contribution in [3.05, 3.63) is 0 Å². The molecule has 1 saturated carbocycles. The van der Waals surface area contributed by atoms with Gasteiger partial charge in [0, 0.05) is 5.54 Å². The van der Waals surface area contributed by atoms with Gasteiger partial charge in [-0.1, -0.05) is 12.8 Å². The molecule has 1 aliphatic rings. The molecule has 0 aliphatic heterocycles. The summed E-state index contributed by atoms with van der Waals surface area (Å²) in [5.41, 5.74) is -0.0760. The van der Waals surface area contributed by atoms with Crippen LogP contribution in [0.4, 0.5) is 0 Å². The van der Waals surface area contributed by atoms with E-state index in [1.54, 1.807) is 0 Å². The van der Waals surface area contributed by atoms with Crippen molar-refractivity contribution in [2.24, 2.45) is 5.92 Å². The molecule has 0 heterocycles. The molecule has 0 spiro atoms. The van der Waals surface area contributed by atoms with Gasteiger partial charge in [0.05, 0.1) is 13.0 Å². The fraction of sp³-hybridized carbons (Fsp3) is 0.909. The largest absolute Gasteiger partial charge is 0.466 e. The molecule has 0 bridgehead atoms. The molecule has 0 saturated heterocycles. The van der Waals surface area contributed by atoms with Crippen LogP contribution in [0.3, 0.4) is 0 Å². The zero-order valence-electron chi connectivity index (χ0n) is 9.43. The summed E-state index contributed by atoms with van der Waals surface area (Å²) < 4.78 is 4.96. The Morgan fingerprint density at radius 3 is 2.64 bits per heavy atom. The fourth-order valence-corrected chi connectivity index (χ4v) is 1.75. The second-order valence-electron chi connectivity index (χ2n) is 4.44. The van der Waals surface area contributed by atoms with E-state index in [4.69, 9.17) is 4.74 Å². The number of ether oxygens (including phenoxy) is 1. The summed E-state index contributed by atoms with van der Waals surface area (Å²) in [6.07, 6.45) is 4.20. The molecule has 0 radical (unpaired) electrons. The van der Waals surface area contributed by atoms with Crippen LogP contribution in [0.1, 0.15) is 39.5 Å². The smallest absolute Gasteiger partial charge is 0.307 e. The molecule has 14 heavy (non-hydrogen) atoms. The van der Waals surface area contributed by atoms with Gasteiger partial charge in [0.25, 0.3) is 0 Å². The highest BCUT2D eigenvalue weighted by atomic mass is 16.5. The van der Waals surface area contributed by atoms with Crippen LogP contribution in [0, 0.1) is 5.92 Å². The molecule has 1 unspecified atom stereocenters. The summed E-state index contributed by atoms with van der Waals surface area (Å²) in [4.78, 5) is 11.4. The molecule has 3 heteroatoms. The average Bonchev–Trinajstić information content (AvgIpc) is 2.88. The lowest BCUT2D eigenvalue weighted by Crippen LogP contribution is -2.42. The highest BCUT2D eigenvalue weighted by Crippen LogP contribution is 2.37. The summed E-state index contributed by atoms with van der Waals surface area (Å²) in [7, 11) is 1.92. The van der Waals surface area contributed by atoms with Crippen molar-refractivity contribution in [3.8, 4) is 0 Å². The van der Waals surface area contributed by atoms with Gasteiger partial charge in [0.15, 0.2) is 0 Å². The molecule has 0 aromatic rings. The third-order valence-corrected chi connectivity index (χ3v) is 2.88. The molecule has 1 aliphatic carbocycles. The molecular weight excluding hydrogens is 178 g/mol. The van der Waals surface area contributed by atoms with Crippen molar-refractivity contribution in [1.82, 2.24) is 5.32 Å². The predicted octanol–water partition coefficient (Wildman–Crippen LogP) is 1.72. The van der Waals surface area contributed by atoms with Gasteiger partial charge in [-0.2, -0.15) is 0 Å². The molecule has 1 N–H and O–H groups in total. The first-order valence-electron chi connectivity index (χ1n) is 5.44. The van der Waals surface area contributed by atoms with Gasteiger partial charge < -0.3 is 10.1 Å². The van der Waals surface area contributed by atoms with Crippen LogP contribution in [0.5, 0.6) is 0 Å². The summed E-state index contributed by atoms with van der Waals surface area (Å²) in [6.45, 7) is 4.42. The minimum atomic E-state index is -0.0926. The summed E-state index contributed by atoms with van der Waals surface area (Å²) in [5, 5.41) is 3.24. The van der Waals surface area contributed by atoms with Crippen LogP contribution in [-0.2, 0) is 9.53 Å². The number of esters is 1. The first kappa shape index (κ1) is 11.5. The van der Waals surface area contributed by atoms with Gasteiger partial charge in [-0.25, -0.2) is 0 Å². The van der Waals surface area contributed by atoms with E-state index >= 15 is 0 Å². The van der Waals surface area contributed by atoms with Crippen molar-refractivity contribution in [2.75, 3.05) is 13.7 Å². The van der Waals surface area contributed by atoms with Crippen LogP contribution in [0.25, 0.3) is 0 Å². The second kappa shape index (κ2) is 4.78. The van der Waals surface area contributed by atoms with Crippen molar-refractivity contribution < 1.29 is 9.53 Å². The lowest BCUT2D eigenvalue weighted by Gasteiger charge is -2.28. The van der Waals surface area contributed by atoms with Crippen molar-refractivity contribution in [2.45, 2.75) is 45.1 Å². The molecule has 82 valence electrons. The van der Waals surface area contributed by atoms with Crippen LogP contribution in [0.2, 0.25) is 0 Å². The molecule has 1 atom stereocenters. The Kier molecular flexibility index (Phi) is 3.93. The monoisotopic (exact) mass is 199 g/mol. The van der Waals surface area contributed by atoms with Gasteiger partial charge in [-0.05, 0) is 33.2 Å². The van der Waals surface area contributed by atoms with E-state index in [1.807, 2.05) is 14.0 Å². The van der Waals surface area contributed by atoms with Gasteiger partial charge >= 0.3 is 5.97 Å². The van der Waals surface area contributed by atoms with Gasteiger partial charge in [0.1, 0.15) is 0 Å². The number of hydrogen-bond acceptors (Lipinski definition) is 3. The molecule has 1 fully saturated rings. The molecule has 0 aromatic heterocycles. The molecule has 3 nitrogen and oxygen atoms in total. The van der Waals surface area contributed by atoms with E-state index in [2.05, 4.69) is 12.2 Å². The molecule has 0 amide bonds. The molecule has 0 aromatic carbocycles. The van der Waals surface area contributed by atoms with E-state index in [0.29, 0.717) is 13.0 Å². The number of hydrogen-bond donors (Lipinski definition) is 1. The number of carbonyl (C=O) groups is 1. The van der Waals surface area contributed by atoms with Gasteiger partial charge in [-0.3, -0.25) is 4.79 Å². The third-order valence-electron chi connectivity index (χ3n) is 2.88. The Morgan fingerprint density at radius 2 is 2.21 bits per heavy atom. The first-order valence-corrected chi connectivity index (χ1v) is 5.44. The Bertz CT molecular complexity index is 201. The summed E-state index contributed by atoms with van der Waals surface area (Å²) in [6, 6.07) is 0. The summed E-state index contributed by atoms with van der Waals surface area (Å²) in [5.74, 6) is 0.729. The highest BCUT2D eigenvalue weighted by molar-refractivity contribution is 5.70. The topological polar surface area (TPSA) is 38.3 Å². The Labute approximate surface area is 86.2 Å². The van der Waals surface area contributed by atoms with Crippen molar-refractivity contribution in [3.63, 3.8) is 0 Å². The SMILES string of the molecule is CCOC(=O)CC(C)(CC1CC1)NC. The Balaban J connectivity index is 2.37. The third kappa shape index (κ3) is 3.66. The Morgan fingerprint density at radius 1 is 1.57 bits per heavy atom. The van der Waals surface area contributed by atoms with E-state index in [-0.39, 0.29) is 11.5 Å². The van der Waals surface area contributed by atoms with Crippen LogP contribution >= 0.6 is 0 Å². The maximum absolute atomic E-state index is 11.4. The zero-order chi connectivity index (χ0) is 10.6. The van der Waals surface area contributed by atoms with Crippen LogP contribution in [-0.4, -0.2) is 25.2 Å². The van der Waals surface area contributed by atoms with E-state index < -0.39 is 0 Å². The van der Waals surface area contributed by atoms with E-state index in [1.165, 1.54) is 12.8 Å². The van der Waals surface area contributed by atoms with Gasteiger partial charge in [-0.15, -0.1) is 0 Å².